The van der Waals surface area contributed by atoms with E-state index in [1.807, 2.05) is 36.4 Å². The fourth-order valence-corrected chi connectivity index (χ4v) is 3.66. The molecule has 26 heavy (non-hydrogen) atoms. The van der Waals surface area contributed by atoms with Crippen molar-refractivity contribution in [3.05, 3.63) is 93.7 Å². The van der Waals surface area contributed by atoms with Crippen molar-refractivity contribution < 1.29 is 4.79 Å². The predicted octanol–water partition coefficient (Wildman–Crippen LogP) is 4.31. The summed E-state index contributed by atoms with van der Waals surface area (Å²) in [6.07, 6.45) is 1.03. The van der Waals surface area contributed by atoms with Gasteiger partial charge in [-0.05, 0) is 34.6 Å². The van der Waals surface area contributed by atoms with E-state index < -0.39 is 0 Å². The Bertz CT molecular complexity index is 798. The minimum absolute atomic E-state index is 0.000544. The van der Waals surface area contributed by atoms with Crippen LogP contribution >= 0.6 is 11.3 Å². The molecular formula is C22H24N2OS. The normalized spacial score (nSPS) is 11.9. The maximum Gasteiger partial charge on any atom is 0.234 e. The minimum Gasteiger partial charge on any atom is -0.351 e. The van der Waals surface area contributed by atoms with Crippen LogP contribution in [0.5, 0.6) is 0 Å². The van der Waals surface area contributed by atoms with Crippen LogP contribution in [0.2, 0.25) is 0 Å². The number of aryl methyl sites for hydroxylation is 1. The Kier molecular flexibility index (Phi) is 6.58. The molecule has 2 N–H and O–H groups in total. The predicted molar refractivity (Wildman–Crippen MR) is 108 cm³/mol. The van der Waals surface area contributed by atoms with Crippen LogP contribution < -0.4 is 10.6 Å². The van der Waals surface area contributed by atoms with Gasteiger partial charge >= 0.3 is 0 Å². The molecule has 0 spiro atoms. The zero-order valence-electron chi connectivity index (χ0n) is 14.9. The van der Waals surface area contributed by atoms with Crippen molar-refractivity contribution in [2.24, 2.45) is 0 Å². The van der Waals surface area contributed by atoms with Gasteiger partial charge in [0.05, 0.1) is 12.6 Å². The molecule has 3 nitrogen and oxygen atoms in total. The Morgan fingerprint density at radius 3 is 2.38 bits per heavy atom. The van der Waals surface area contributed by atoms with E-state index in [1.165, 1.54) is 16.0 Å². The zero-order valence-corrected chi connectivity index (χ0v) is 15.8. The highest BCUT2D eigenvalue weighted by Gasteiger charge is 2.16. The lowest BCUT2D eigenvalue weighted by Gasteiger charge is -2.18. The quantitative estimate of drug-likeness (QED) is 0.625. The van der Waals surface area contributed by atoms with Gasteiger partial charge in [0.2, 0.25) is 5.91 Å². The Morgan fingerprint density at radius 1 is 0.962 bits per heavy atom. The number of amides is 1. The SMILES string of the molecule is CCc1ccc([C@@H](NCC(=O)NCc2ccccc2)c2cccs2)cc1. The zero-order chi connectivity index (χ0) is 18.2. The first-order valence-electron chi connectivity index (χ1n) is 8.92. The number of rotatable bonds is 8. The number of thiophene rings is 1. The molecule has 0 saturated carbocycles. The second kappa shape index (κ2) is 9.32. The molecule has 1 aromatic heterocycles. The summed E-state index contributed by atoms with van der Waals surface area (Å²) < 4.78 is 0. The molecule has 0 radical (unpaired) electrons. The topological polar surface area (TPSA) is 41.1 Å². The van der Waals surface area contributed by atoms with Gasteiger partial charge in [-0.15, -0.1) is 11.3 Å². The molecule has 2 aromatic carbocycles. The molecule has 4 heteroatoms. The van der Waals surface area contributed by atoms with E-state index in [0.29, 0.717) is 6.54 Å². The molecule has 1 atom stereocenters. The molecule has 0 saturated heterocycles. The first-order chi connectivity index (χ1) is 12.8. The van der Waals surface area contributed by atoms with Crippen LogP contribution in [0.3, 0.4) is 0 Å². The first kappa shape index (κ1) is 18.4. The summed E-state index contributed by atoms with van der Waals surface area (Å²) in [4.78, 5) is 13.5. The lowest BCUT2D eigenvalue weighted by Crippen LogP contribution is -2.35. The van der Waals surface area contributed by atoms with E-state index in [-0.39, 0.29) is 18.5 Å². The van der Waals surface area contributed by atoms with Crippen molar-refractivity contribution in [3.63, 3.8) is 0 Å². The van der Waals surface area contributed by atoms with E-state index in [9.17, 15) is 4.79 Å². The number of hydrogen-bond acceptors (Lipinski definition) is 3. The van der Waals surface area contributed by atoms with Crippen molar-refractivity contribution in [2.75, 3.05) is 6.54 Å². The number of carbonyl (C=O) groups is 1. The molecule has 0 aliphatic heterocycles. The minimum atomic E-state index is 0.000544. The Labute approximate surface area is 159 Å². The third kappa shape index (κ3) is 5.04. The molecule has 0 aliphatic carbocycles. The molecule has 0 fully saturated rings. The number of nitrogens with one attached hydrogen (secondary N) is 2. The highest BCUT2D eigenvalue weighted by Crippen LogP contribution is 2.26. The highest BCUT2D eigenvalue weighted by atomic mass is 32.1. The summed E-state index contributed by atoms with van der Waals surface area (Å²) in [6.45, 7) is 2.99. The van der Waals surface area contributed by atoms with E-state index in [2.05, 4.69) is 53.3 Å². The molecule has 0 unspecified atom stereocenters. The fourth-order valence-electron chi connectivity index (χ4n) is 2.84. The van der Waals surface area contributed by atoms with Crippen molar-refractivity contribution >= 4 is 17.2 Å². The van der Waals surface area contributed by atoms with Crippen molar-refractivity contribution in [2.45, 2.75) is 25.9 Å². The van der Waals surface area contributed by atoms with Crippen LogP contribution in [0.25, 0.3) is 0 Å². The summed E-state index contributed by atoms with van der Waals surface area (Å²) in [6, 6.07) is 22.8. The van der Waals surface area contributed by atoms with E-state index in [4.69, 9.17) is 0 Å². The molecule has 3 aromatic rings. The average Bonchev–Trinajstić information content (AvgIpc) is 3.22. The van der Waals surface area contributed by atoms with Crippen molar-refractivity contribution in [1.29, 1.82) is 0 Å². The van der Waals surface area contributed by atoms with E-state index in [1.54, 1.807) is 11.3 Å². The van der Waals surface area contributed by atoms with Gasteiger partial charge < -0.3 is 5.32 Å². The lowest BCUT2D eigenvalue weighted by molar-refractivity contribution is -0.120. The molecular weight excluding hydrogens is 340 g/mol. The summed E-state index contributed by atoms with van der Waals surface area (Å²) in [5.41, 5.74) is 3.60. The molecule has 134 valence electrons. The van der Waals surface area contributed by atoms with Gasteiger partial charge in [-0.25, -0.2) is 0 Å². The first-order valence-corrected chi connectivity index (χ1v) is 9.80. The van der Waals surface area contributed by atoms with Crippen LogP contribution in [0.1, 0.15) is 34.5 Å². The Morgan fingerprint density at radius 2 is 1.73 bits per heavy atom. The van der Waals surface area contributed by atoms with E-state index in [0.717, 1.165) is 12.0 Å². The standard InChI is InChI=1S/C22H24N2OS/c1-2-17-10-12-19(13-11-17)22(20-9-6-14-26-20)24-16-21(25)23-15-18-7-4-3-5-8-18/h3-14,22,24H,2,15-16H2,1H3,(H,23,25)/t22-/m1/s1. The van der Waals surface area contributed by atoms with Gasteiger partial charge in [0.25, 0.3) is 0 Å². The van der Waals surface area contributed by atoms with Crippen LogP contribution in [-0.2, 0) is 17.8 Å². The van der Waals surface area contributed by atoms with Gasteiger partial charge in [0.15, 0.2) is 0 Å². The number of carbonyl (C=O) groups excluding carboxylic acids is 1. The van der Waals surface area contributed by atoms with Crippen LogP contribution in [0.15, 0.2) is 72.1 Å². The molecule has 0 bridgehead atoms. The molecule has 1 amide bonds. The summed E-state index contributed by atoms with van der Waals surface area (Å²) in [7, 11) is 0. The van der Waals surface area contributed by atoms with Gasteiger partial charge in [-0.1, -0.05) is 67.6 Å². The third-order valence-electron chi connectivity index (χ3n) is 4.35. The second-order valence-corrected chi connectivity index (χ2v) is 7.17. The maximum absolute atomic E-state index is 12.3. The third-order valence-corrected chi connectivity index (χ3v) is 5.29. The lowest BCUT2D eigenvalue weighted by atomic mass is 10.0. The highest BCUT2D eigenvalue weighted by molar-refractivity contribution is 7.10. The Balaban J connectivity index is 1.61. The Hall–Kier alpha value is -2.43. The van der Waals surface area contributed by atoms with Gasteiger partial charge in [-0.3, -0.25) is 10.1 Å². The molecule has 3 rings (SSSR count). The van der Waals surface area contributed by atoms with Crippen LogP contribution in [0, 0.1) is 0 Å². The summed E-state index contributed by atoms with van der Waals surface area (Å²) in [5.74, 6) is 0.000544. The molecule has 1 heterocycles. The second-order valence-electron chi connectivity index (χ2n) is 6.19. The fraction of sp³-hybridized carbons (Fsp3) is 0.227. The van der Waals surface area contributed by atoms with Gasteiger partial charge in [0.1, 0.15) is 0 Å². The van der Waals surface area contributed by atoms with Crippen LogP contribution in [-0.4, -0.2) is 12.5 Å². The van der Waals surface area contributed by atoms with Crippen LogP contribution in [0.4, 0.5) is 0 Å². The largest absolute Gasteiger partial charge is 0.351 e. The number of benzene rings is 2. The van der Waals surface area contributed by atoms with Gasteiger partial charge in [-0.2, -0.15) is 0 Å². The monoisotopic (exact) mass is 364 g/mol. The smallest absolute Gasteiger partial charge is 0.234 e. The van der Waals surface area contributed by atoms with Gasteiger partial charge in [0, 0.05) is 11.4 Å². The molecule has 0 aliphatic rings. The maximum atomic E-state index is 12.3. The summed E-state index contributed by atoms with van der Waals surface area (Å²) >= 11 is 1.70. The van der Waals surface area contributed by atoms with E-state index >= 15 is 0 Å². The average molecular weight is 365 g/mol. The number of hydrogen-bond donors (Lipinski definition) is 2. The van der Waals surface area contributed by atoms with Crippen molar-refractivity contribution in [3.8, 4) is 0 Å². The van der Waals surface area contributed by atoms with Crippen molar-refractivity contribution in [1.82, 2.24) is 10.6 Å². The summed E-state index contributed by atoms with van der Waals surface area (Å²) in [5, 5.41) is 8.45.